The number of nitrogens with zero attached hydrogens (tertiary/aromatic N) is 1. The molecule has 0 spiro atoms. The van der Waals surface area contributed by atoms with Gasteiger partial charge < -0.3 is 5.11 Å². The Morgan fingerprint density at radius 2 is 1.95 bits per heavy atom. The molecule has 1 saturated carbocycles. The zero-order chi connectivity index (χ0) is 15.8. The van der Waals surface area contributed by atoms with Crippen LogP contribution in [0, 0.1) is 11.8 Å². The van der Waals surface area contributed by atoms with Crippen LogP contribution in [0.2, 0.25) is 0 Å². The van der Waals surface area contributed by atoms with Gasteiger partial charge in [-0.25, -0.2) is 0 Å². The highest BCUT2D eigenvalue weighted by molar-refractivity contribution is 6.04. The maximum absolute atomic E-state index is 12.3. The third-order valence-electron chi connectivity index (χ3n) is 4.17. The van der Waals surface area contributed by atoms with E-state index in [4.69, 9.17) is 0 Å². The van der Waals surface area contributed by atoms with Crippen molar-refractivity contribution in [2.45, 2.75) is 38.7 Å². The summed E-state index contributed by atoms with van der Waals surface area (Å²) in [6.07, 6.45) is 1.36. The van der Waals surface area contributed by atoms with E-state index in [0.717, 1.165) is 0 Å². The molecule has 112 valence electrons. The molecule has 0 amide bonds. The van der Waals surface area contributed by atoms with E-state index in [2.05, 4.69) is 4.98 Å². The fraction of sp³-hybridized carbons (Fsp3) is 0.500. The number of carbonyl (C=O) groups is 3. The van der Waals surface area contributed by atoms with E-state index in [1.54, 1.807) is 24.4 Å². The largest absolute Gasteiger partial charge is 0.389 e. The quantitative estimate of drug-likeness (QED) is 0.848. The minimum absolute atomic E-state index is 0.190. The van der Waals surface area contributed by atoms with Crippen molar-refractivity contribution in [3.05, 3.63) is 30.1 Å². The highest BCUT2D eigenvalue weighted by Crippen LogP contribution is 2.45. The Kier molecular flexibility index (Phi) is 4.05. The van der Waals surface area contributed by atoms with Crippen molar-refractivity contribution in [2.75, 3.05) is 0 Å². The fourth-order valence-electron chi connectivity index (χ4n) is 3.44. The minimum atomic E-state index is -1.46. The number of rotatable bonds is 3. The first-order chi connectivity index (χ1) is 9.75. The van der Waals surface area contributed by atoms with Crippen LogP contribution in [-0.4, -0.2) is 33.0 Å². The maximum Gasteiger partial charge on any atom is 0.146 e. The summed E-state index contributed by atoms with van der Waals surface area (Å²) in [5.74, 6) is -3.32. The van der Waals surface area contributed by atoms with Gasteiger partial charge in [-0.3, -0.25) is 19.4 Å². The number of hydrogen-bond donors (Lipinski definition) is 1. The summed E-state index contributed by atoms with van der Waals surface area (Å²) < 4.78 is 0. The van der Waals surface area contributed by atoms with Gasteiger partial charge in [-0.15, -0.1) is 0 Å². The van der Waals surface area contributed by atoms with Gasteiger partial charge in [0.1, 0.15) is 17.3 Å². The SMILES string of the molecule is CC(=O)C1C(=O)CC(C)(O)C(C(C)=O)C1c1ccccn1. The van der Waals surface area contributed by atoms with Crippen LogP contribution in [0.5, 0.6) is 0 Å². The normalized spacial score (nSPS) is 32.8. The first kappa shape index (κ1) is 15.5. The van der Waals surface area contributed by atoms with Crippen LogP contribution in [0.25, 0.3) is 0 Å². The summed E-state index contributed by atoms with van der Waals surface area (Å²) in [7, 11) is 0. The van der Waals surface area contributed by atoms with Crippen LogP contribution in [0.3, 0.4) is 0 Å². The van der Waals surface area contributed by atoms with Crippen LogP contribution >= 0.6 is 0 Å². The van der Waals surface area contributed by atoms with E-state index in [9.17, 15) is 19.5 Å². The minimum Gasteiger partial charge on any atom is -0.389 e. The molecule has 1 fully saturated rings. The lowest BCUT2D eigenvalue weighted by atomic mass is 9.61. The van der Waals surface area contributed by atoms with Gasteiger partial charge in [-0.2, -0.15) is 0 Å². The van der Waals surface area contributed by atoms with Crippen LogP contribution < -0.4 is 0 Å². The molecule has 5 heteroatoms. The average molecular weight is 289 g/mol. The molecule has 0 aliphatic heterocycles. The Bertz CT molecular complexity index is 579. The predicted molar refractivity (Wildman–Crippen MR) is 75.6 cm³/mol. The van der Waals surface area contributed by atoms with Crippen LogP contribution in [0.1, 0.15) is 38.8 Å². The summed E-state index contributed by atoms with van der Waals surface area (Å²) in [5.41, 5.74) is -0.969. The summed E-state index contributed by atoms with van der Waals surface area (Å²) in [6.45, 7) is 4.20. The lowest BCUT2D eigenvalue weighted by molar-refractivity contribution is -0.151. The van der Waals surface area contributed by atoms with Gasteiger partial charge in [0.2, 0.25) is 0 Å². The number of aromatic nitrogens is 1. The van der Waals surface area contributed by atoms with Crippen molar-refractivity contribution >= 4 is 17.3 Å². The monoisotopic (exact) mass is 289 g/mol. The van der Waals surface area contributed by atoms with Gasteiger partial charge >= 0.3 is 0 Å². The number of hydrogen-bond acceptors (Lipinski definition) is 5. The van der Waals surface area contributed by atoms with Crippen LogP contribution in [-0.2, 0) is 14.4 Å². The Morgan fingerprint density at radius 3 is 2.43 bits per heavy atom. The molecule has 21 heavy (non-hydrogen) atoms. The van der Waals surface area contributed by atoms with Crippen molar-refractivity contribution in [1.29, 1.82) is 0 Å². The Hall–Kier alpha value is -1.88. The zero-order valence-electron chi connectivity index (χ0n) is 12.4. The first-order valence-electron chi connectivity index (χ1n) is 6.92. The van der Waals surface area contributed by atoms with Crippen LogP contribution in [0.15, 0.2) is 24.4 Å². The number of carbonyl (C=O) groups excluding carboxylic acids is 3. The standard InChI is InChI=1S/C16H19NO4/c1-9(18)13-12(20)8-16(3,21)15(10(2)19)14(13)11-6-4-5-7-17-11/h4-7,13-15,21H,8H2,1-3H3. The number of ketones is 3. The van der Waals surface area contributed by atoms with Gasteiger partial charge in [0.05, 0.1) is 17.4 Å². The number of aliphatic hydroxyl groups is 1. The molecule has 5 nitrogen and oxygen atoms in total. The summed E-state index contributed by atoms with van der Waals surface area (Å²) in [6, 6.07) is 5.15. The van der Waals surface area contributed by atoms with Crippen molar-refractivity contribution in [3.63, 3.8) is 0 Å². The third kappa shape index (κ3) is 2.78. The fourth-order valence-corrected chi connectivity index (χ4v) is 3.44. The Balaban J connectivity index is 2.61. The zero-order valence-corrected chi connectivity index (χ0v) is 12.4. The van der Waals surface area contributed by atoms with Gasteiger partial charge in [0, 0.05) is 24.2 Å². The van der Waals surface area contributed by atoms with E-state index in [0.29, 0.717) is 5.69 Å². The average Bonchev–Trinajstić information content (AvgIpc) is 2.36. The number of pyridine rings is 1. The van der Waals surface area contributed by atoms with Crippen LogP contribution in [0.4, 0.5) is 0 Å². The second-order valence-corrected chi connectivity index (χ2v) is 5.96. The molecule has 4 unspecified atom stereocenters. The van der Waals surface area contributed by atoms with E-state index in [-0.39, 0.29) is 23.8 Å². The highest BCUT2D eigenvalue weighted by atomic mass is 16.3. The van der Waals surface area contributed by atoms with Gasteiger partial charge in [-0.1, -0.05) is 6.07 Å². The van der Waals surface area contributed by atoms with Crippen molar-refractivity contribution in [3.8, 4) is 0 Å². The predicted octanol–water partition coefficient (Wildman–Crippen LogP) is 1.30. The van der Waals surface area contributed by atoms with Crippen molar-refractivity contribution in [1.82, 2.24) is 4.98 Å². The van der Waals surface area contributed by atoms with E-state index >= 15 is 0 Å². The number of Topliss-reactive ketones (excluding diaryl/α,β-unsaturated/α-hetero) is 3. The molecule has 0 aromatic carbocycles. The molecule has 0 saturated heterocycles. The molecule has 2 rings (SSSR count). The summed E-state index contributed by atoms with van der Waals surface area (Å²) in [4.78, 5) is 40.5. The maximum atomic E-state index is 12.3. The topological polar surface area (TPSA) is 84.3 Å². The summed E-state index contributed by atoms with van der Waals surface area (Å²) >= 11 is 0. The lowest BCUT2D eigenvalue weighted by Gasteiger charge is -2.43. The van der Waals surface area contributed by atoms with Gasteiger partial charge in [-0.05, 0) is 32.9 Å². The Morgan fingerprint density at radius 1 is 1.29 bits per heavy atom. The van der Waals surface area contributed by atoms with Gasteiger partial charge in [0.25, 0.3) is 0 Å². The molecule has 0 radical (unpaired) electrons. The highest BCUT2D eigenvalue weighted by Gasteiger charge is 2.54. The van der Waals surface area contributed by atoms with Crippen molar-refractivity contribution in [2.24, 2.45) is 11.8 Å². The first-order valence-corrected chi connectivity index (χ1v) is 6.92. The third-order valence-corrected chi connectivity index (χ3v) is 4.17. The molecule has 1 aliphatic rings. The lowest BCUT2D eigenvalue weighted by Crippen LogP contribution is -2.54. The Labute approximate surface area is 123 Å². The smallest absolute Gasteiger partial charge is 0.146 e. The molecule has 1 aromatic rings. The second kappa shape index (κ2) is 5.48. The van der Waals surface area contributed by atoms with Crippen molar-refractivity contribution < 1.29 is 19.5 Å². The molecular formula is C16H19NO4. The van der Waals surface area contributed by atoms with Gasteiger partial charge in [0.15, 0.2) is 0 Å². The molecule has 1 aliphatic carbocycles. The van der Waals surface area contributed by atoms with E-state index < -0.39 is 23.4 Å². The molecular weight excluding hydrogens is 270 g/mol. The van der Waals surface area contributed by atoms with E-state index in [1.807, 2.05) is 0 Å². The second-order valence-electron chi connectivity index (χ2n) is 5.96. The molecule has 1 aromatic heterocycles. The molecule has 4 atom stereocenters. The summed E-state index contributed by atoms with van der Waals surface area (Å²) in [5, 5.41) is 10.5. The molecule has 1 N–H and O–H groups in total. The molecule has 1 heterocycles. The molecule has 0 bridgehead atoms. The van der Waals surface area contributed by atoms with E-state index in [1.165, 1.54) is 20.8 Å².